The summed E-state index contributed by atoms with van der Waals surface area (Å²) in [6, 6.07) is 7.86. The molecular weight excluding hydrogens is 282 g/mol. The van der Waals surface area contributed by atoms with Crippen LogP contribution in [0, 0.1) is 0 Å². The first kappa shape index (κ1) is 11.1. The zero-order valence-corrected chi connectivity index (χ0v) is 11.1. The molecule has 4 heteroatoms. The second kappa shape index (κ2) is 4.02. The summed E-state index contributed by atoms with van der Waals surface area (Å²) in [5.41, 5.74) is 0.973. The average molecular weight is 296 g/mol. The largest absolute Gasteiger partial charge is 0.449 e. The van der Waals surface area contributed by atoms with Gasteiger partial charge in [-0.25, -0.2) is 4.79 Å². The molecule has 1 aromatic rings. The minimum atomic E-state index is -0.196. The Morgan fingerprint density at radius 2 is 1.88 bits per heavy atom. The van der Waals surface area contributed by atoms with Crippen LogP contribution in [0.1, 0.15) is 25.7 Å². The predicted octanol–water partition coefficient (Wildman–Crippen LogP) is 3.72. The maximum Gasteiger partial charge on any atom is 0.414 e. The molecule has 0 unspecified atom stereocenters. The van der Waals surface area contributed by atoms with Gasteiger partial charge in [-0.3, -0.25) is 4.90 Å². The second-order valence-corrected chi connectivity index (χ2v) is 5.67. The number of ether oxygens (including phenoxy) is 1. The average Bonchev–Trinajstić information content (AvgIpc) is 2.28. The van der Waals surface area contributed by atoms with Crippen molar-refractivity contribution in [2.75, 3.05) is 11.5 Å². The normalized spacial score (nSPS) is 22.2. The predicted molar refractivity (Wildman–Crippen MR) is 69.2 cm³/mol. The quantitative estimate of drug-likeness (QED) is 0.790. The highest BCUT2D eigenvalue weighted by Crippen LogP contribution is 2.45. The fraction of sp³-hybridized carbons (Fsp3) is 0.462. The van der Waals surface area contributed by atoms with Gasteiger partial charge in [-0.2, -0.15) is 0 Å². The molecule has 2 fully saturated rings. The number of nitrogens with zero attached hydrogens (tertiary/aromatic N) is 1. The zero-order valence-electron chi connectivity index (χ0n) is 9.49. The van der Waals surface area contributed by atoms with E-state index in [4.69, 9.17) is 4.74 Å². The summed E-state index contributed by atoms with van der Waals surface area (Å²) < 4.78 is 6.20. The maximum absolute atomic E-state index is 12.0. The molecule has 3 rings (SSSR count). The Hall–Kier alpha value is -1.03. The van der Waals surface area contributed by atoms with Crippen molar-refractivity contribution < 1.29 is 9.53 Å². The van der Waals surface area contributed by atoms with Gasteiger partial charge in [0.15, 0.2) is 0 Å². The Labute approximate surface area is 109 Å². The number of rotatable bonds is 1. The summed E-state index contributed by atoms with van der Waals surface area (Å²) >= 11 is 3.41. The molecule has 0 aromatic heterocycles. The molecule has 1 spiro atoms. The van der Waals surface area contributed by atoms with Crippen molar-refractivity contribution >= 4 is 27.7 Å². The second-order valence-electron chi connectivity index (χ2n) is 4.75. The van der Waals surface area contributed by atoms with E-state index >= 15 is 0 Å². The van der Waals surface area contributed by atoms with E-state index in [1.54, 1.807) is 0 Å². The number of amides is 1. The molecule has 0 bridgehead atoms. The highest BCUT2D eigenvalue weighted by molar-refractivity contribution is 9.10. The van der Waals surface area contributed by atoms with Crippen molar-refractivity contribution in [3.8, 4) is 0 Å². The first-order chi connectivity index (χ1) is 8.21. The summed E-state index contributed by atoms with van der Waals surface area (Å²) in [6.45, 7) is 0.561. The van der Waals surface area contributed by atoms with Crippen molar-refractivity contribution in [3.63, 3.8) is 0 Å². The van der Waals surface area contributed by atoms with Gasteiger partial charge in [0.25, 0.3) is 0 Å². The molecular formula is C13H14BrNO2. The van der Waals surface area contributed by atoms with E-state index in [9.17, 15) is 4.79 Å². The van der Waals surface area contributed by atoms with Gasteiger partial charge in [0.2, 0.25) is 0 Å². The molecule has 0 radical (unpaired) electrons. The molecule has 2 aliphatic rings. The third-order valence-electron chi connectivity index (χ3n) is 3.82. The number of halogens is 1. The van der Waals surface area contributed by atoms with Crippen molar-refractivity contribution in [2.24, 2.45) is 0 Å². The molecule has 90 valence electrons. The van der Waals surface area contributed by atoms with E-state index < -0.39 is 0 Å². The van der Waals surface area contributed by atoms with Crippen LogP contribution in [0.3, 0.4) is 0 Å². The summed E-state index contributed by atoms with van der Waals surface area (Å²) in [7, 11) is 0. The van der Waals surface area contributed by atoms with Crippen LogP contribution in [-0.4, -0.2) is 18.2 Å². The van der Waals surface area contributed by atoms with Crippen molar-refractivity contribution in [2.45, 2.75) is 31.2 Å². The number of hydrogen-bond donors (Lipinski definition) is 0. The molecule has 1 aromatic carbocycles. The van der Waals surface area contributed by atoms with Crippen LogP contribution < -0.4 is 4.90 Å². The summed E-state index contributed by atoms with van der Waals surface area (Å²) in [4.78, 5) is 13.8. The minimum absolute atomic E-state index is 0.0309. The van der Waals surface area contributed by atoms with E-state index in [1.807, 2.05) is 29.2 Å². The summed E-state index contributed by atoms with van der Waals surface area (Å²) in [5, 5.41) is 0. The number of carbonyl (C=O) groups is 1. The van der Waals surface area contributed by atoms with Crippen molar-refractivity contribution in [3.05, 3.63) is 28.7 Å². The molecule has 0 atom stereocenters. The smallest absolute Gasteiger partial charge is 0.414 e. The van der Waals surface area contributed by atoms with Crippen molar-refractivity contribution in [1.29, 1.82) is 0 Å². The lowest BCUT2D eigenvalue weighted by Gasteiger charge is -2.52. The summed E-state index contributed by atoms with van der Waals surface area (Å²) in [5.74, 6) is 0. The Bertz CT molecular complexity index is 439. The molecule has 1 saturated heterocycles. The van der Waals surface area contributed by atoms with Crippen LogP contribution in [0.25, 0.3) is 0 Å². The summed E-state index contributed by atoms with van der Waals surface area (Å²) in [6.07, 6.45) is 4.16. The molecule has 1 heterocycles. The molecule has 1 saturated carbocycles. The zero-order chi connectivity index (χ0) is 11.9. The van der Waals surface area contributed by atoms with Crippen LogP contribution in [0.15, 0.2) is 28.7 Å². The fourth-order valence-electron chi connectivity index (χ4n) is 2.73. The molecule has 1 aliphatic carbocycles. The maximum atomic E-state index is 12.0. The lowest BCUT2D eigenvalue weighted by Crippen LogP contribution is -2.60. The van der Waals surface area contributed by atoms with Crippen LogP contribution in [-0.2, 0) is 4.74 Å². The van der Waals surface area contributed by atoms with Gasteiger partial charge < -0.3 is 4.74 Å². The molecule has 17 heavy (non-hydrogen) atoms. The van der Waals surface area contributed by atoms with E-state index in [1.165, 1.54) is 6.42 Å². The Morgan fingerprint density at radius 3 is 2.47 bits per heavy atom. The number of cyclic esters (lactones) is 1. The van der Waals surface area contributed by atoms with Gasteiger partial charge in [-0.15, -0.1) is 0 Å². The van der Waals surface area contributed by atoms with E-state index in [-0.39, 0.29) is 11.6 Å². The topological polar surface area (TPSA) is 29.5 Å². The van der Waals surface area contributed by atoms with Gasteiger partial charge in [0.05, 0.1) is 12.1 Å². The van der Waals surface area contributed by atoms with Crippen LogP contribution in [0.2, 0.25) is 0 Å². The minimum Gasteiger partial charge on any atom is -0.449 e. The third-order valence-corrected chi connectivity index (χ3v) is 4.35. The van der Waals surface area contributed by atoms with Gasteiger partial charge in [0, 0.05) is 16.6 Å². The van der Waals surface area contributed by atoms with Gasteiger partial charge in [-0.1, -0.05) is 15.9 Å². The van der Waals surface area contributed by atoms with Crippen LogP contribution in [0.4, 0.5) is 10.5 Å². The Kier molecular flexibility index (Phi) is 2.62. The molecule has 1 amide bonds. The van der Waals surface area contributed by atoms with Gasteiger partial charge >= 0.3 is 6.09 Å². The van der Waals surface area contributed by atoms with E-state index in [0.29, 0.717) is 6.61 Å². The van der Waals surface area contributed by atoms with Crippen LogP contribution >= 0.6 is 15.9 Å². The van der Waals surface area contributed by atoms with E-state index in [2.05, 4.69) is 15.9 Å². The SMILES string of the molecule is O=C1OCCC2(CCC2)N1c1ccc(Br)cc1. The lowest BCUT2D eigenvalue weighted by molar-refractivity contribution is 0.0778. The Balaban J connectivity index is 1.97. The first-order valence-corrected chi connectivity index (χ1v) is 6.73. The lowest BCUT2D eigenvalue weighted by atomic mass is 9.72. The molecule has 0 N–H and O–H groups in total. The number of benzene rings is 1. The van der Waals surface area contributed by atoms with Crippen LogP contribution in [0.5, 0.6) is 0 Å². The number of anilines is 1. The van der Waals surface area contributed by atoms with E-state index in [0.717, 1.165) is 29.4 Å². The highest BCUT2D eigenvalue weighted by atomic mass is 79.9. The molecule has 1 aliphatic heterocycles. The molecule has 3 nitrogen and oxygen atoms in total. The Morgan fingerprint density at radius 1 is 1.18 bits per heavy atom. The van der Waals surface area contributed by atoms with Gasteiger partial charge in [-0.05, 0) is 43.5 Å². The fourth-order valence-corrected chi connectivity index (χ4v) is 2.99. The first-order valence-electron chi connectivity index (χ1n) is 5.94. The van der Waals surface area contributed by atoms with Gasteiger partial charge in [0.1, 0.15) is 0 Å². The highest BCUT2D eigenvalue weighted by Gasteiger charge is 2.48. The monoisotopic (exact) mass is 295 g/mol. The third kappa shape index (κ3) is 1.75. The standard InChI is InChI=1S/C13H14BrNO2/c14-10-2-4-11(5-3-10)15-12(16)17-9-8-13(15)6-1-7-13/h2-5H,1,6-9H2. The van der Waals surface area contributed by atoms with Crippen molar-refractivity contribution in [1.82, 2.24) is 0 Å². The number of carbonyl (C=O) groups excluding carboxylic acids is 1. The number of hydrogen-bond acceptors (Lipinski definition) is 2.